The fourth-order valence-electron chi connectivity index (χ4n) is 2.34. The van der Waals surface area contributed by atoms with Crippen molar-refractivity contribution >= 4 is 23.2 Å². The molecule has 0 bridgehead atoms. The van der Waals surface area contributed by atoms with Crippen molar-refractivity contribution in [1.29, 1.82) is 0 Å². The van der Waals surface area contributed by atoms with Gasteiger partial charge in [-0.3, -0.25) is 4.79 Å². The Bertz CT molecular complexity index is 727. The molecule has 0 fully saturated rings. The number of nitrogens with one attached hydrogen (secondary N) is 2. The molecule has 0 atom stereocenters. The molecule has 132 valence electrons. The lowest BCUT2D eigenvalue weighted by atomic mass is 10.1. The van der Waals surface area contributed by atoms with Crippen LogP contribution in [0, 0.1) is 6.92 Å². The normalized spacial score (nSPS) is 10.4. The van der Waals surface area contributed by atoms with E-state index in [-0.39, 0.29) is 12.0 Å². The molecule has 0 spiro atoms. The van der Waals surface area contributed by atoms with Gasteiger partial charge in [-0.05, 0) is 61.8 Å². The van der Waals surface area contributed by atoms with Crippen LogP contribution in [0.5, 0.6) is 5.75 Å². The zero-order valence-electron chi connectivity index (χ0n) is 14.8. The topological polar surface area (TPSA) is 50.4 Å². The third kappa shape index (κ3) is 6.55. The van der Waals surface area contributed by atoms with E-state index in [1.807, 2.05) is 69.3 Å². The van der Waals surface area contributed by atoms with E-state index in [0.29, 0.717) is 18.1 Å². The van der Waals surface area contributed by atoms with Crippen molar-refractivity contribution in [3.63, 3.8) is 0 Å². The Hall–Kier alpha value is -2.40. The number of amides is 1. The quantitative estimate of drug-likeness (QED) is 0.778. The average molecular weight is 356 g/mol. The van der Waals surface area contributed by atoms with Gasteiger partial charge in [-0.2, -0.15) is 0 Å². The lowest BCUT2D eigenvalue weighted by Gasteiger charge is -2.12. The van der Waals surface area contributed by atoms with Crippen molar-refractivity contribution < 1.29 is 9.53 Å². The summed E-state index contributed by atoms with van der Waals surface area (Å²) in [6, 6.07) is 15.6. The van der Waals surface area contributed by atoms with Gasteiger partial charge in [0.1, 0.15) is 5.75 Å². The van der Waals surface area contributed by atoms with Crippen molar-refractivity contribution in [3.8, 4) is 5.75 Å². The molecule has 0 aliphatic rings. The molecule has 0 heterocycles. The Labute approximate surface area is 154 Å². The van der Waals surface area contributed by atoms with Gasteiger partial charge in [0.25, 0.3) is 0 Å². The van der Waals surface area contributed by atoms with Gasteiger partial charge in [0.05, 0.1) is 12.5 Å². The minimum atomic E-state index is -0.118. The molecule has 1 amide bonds. The number of hydrogen-bond acceptors (Lipinski definition) is 3. The first-order chi connectivity index (χ1) is 11.9. The van der Waals surface area contributed by atoms with Crippen molar-refractivity contribution in [2.24, 2.45) is 0 Å². The summed E-state index contributed by atoms with van der Waals surface area (Å²) >= 11 is 5.19. The van der Waals surface area contributed by atoms with E-state index in [0.717, 1.165) is 22.4 Å². The predicted molar refractivity (Wildman–Crippen MR) is 105 cm³/mol. The number of carbonyl (C=O) groups excluding carboxylic acids is 1. The number of thiocarbonyl (C=S) groups is 1. The molecule has 4 nitrogen and oxygen atoms in total. The Morgan fingerprint density at radius 2 is 1.80 bits per heavy atom. The van der Waals surface area contributed by atoms with Gasteiger partial charge in [-0.15, -0.1) is 0 Å². The number of rotatable bonds is 6. The summed E-state index contributed by atoms with van der Waals surface area (Å²) < 4.78 is 5.61. The van der Waals surface area contributed by atoms with Crippen LogP contribution in [0.3, 0.4) is 0 Å². The molecule has 0 unspecified atom stereocenters. The van der Waals surface area contributed by atoms with Crippen LogP contribution in [0.25, 0.3) is 0 Å². The summed E-state index contributed by atoms with van der Waals surface area (Å²) in [4.78, 5) is 12.1. The second-order valence-electron chi connectivity index (χ2n) is 6.14. The van der Waals surface area contributed by atoms with Gasteiger partial charge in [-0.25, -0.2) is 0 Å². The molecule has 0 aromatic heterocycles. The summed E-state index contributed by atoms with van der Waals surface area (Å²) in [6.45, 7) is 6.53. The van der Waals surface area contributed by atoms with E-state index in [9.17, 15) is 4.79 Å². The highest BCUT2D eigenvalue weighted by molar-refractivity contribution is 7.80. The number of benzene rings is 2. The van der Waals surface area contributed by atoms with Gasteiger partial charge in [0.2, 0.25) is 5.91 Å². The third-order valence-corrected chi connectivity index (χ3v) is 3.86. The number of hydrogen-bond donors (Lipinski definition) is 2. The van der Waals surface area contributed by atoms with E-state index in [2.05, 4.69) is 10.6 Å². The van der Waals surface area contributed by atoms with Gasteiger partial charge in [-0.1, -0.05) is 36.4 Å². The molecule has 2 rings (SSSR count). The number of carbonyl (C=O) groups is 1. The fraction of sp³-hybridized carbons (Fsp3) is 0.300. The Balaban J connectivity index is 1.78. The highest BCUT2D eigenvalue weighted by atomic mass is 32.1. The van der Waals surface area contributed by atoms with Crippen LogP contribution in [-0.2, 0) is 17.8 Å². The highest BCUT2D eigenvalue weighted by Gasteiger charge is 2.07. The van der Waals surface area contributed by atoms with Gasteiger partial charge < -0.3 is 15.4 Å². The smallest absolute Gasteiger partial charge is 0.230 e. The number of ether oxygens (including phenoxy) is 1. The van der Waals surface area contributed by atoms with E-state index in [4.69, 9.17) is 17.0 Å². The van der Waals surface area contributed by atoms with Gasteiger partial charge in [0.15, 0.2) is 5.11 Å². The van der Waals surface area contributed by atoms with Gasteiger partial charge >= 0.3 is 0 Å². The van der Waals surface area contributed by atoms with Crippen LogP contribution < -0.4 is 15.4 Å². The van der Waals surface area contributed by atoms with Crippen LogP contribution in [0.2, 0.25) is 0 Å². The van der Waals surface area contributed by atoms with Crippen molar-refractivity contribution in [3.05, 3.63) is 65.2 Å². The molecule has 2 aromatic rings. The van der Waals surface area contributed by atoms with Crippen LogP contribution in [0.4, 0.5) is 0 Å². The average Bonchev–Trinajstić information content (AvgIpc) is 2.56. The van der Waals surface area contributed by atoms with Crippen molar-refractivity contribution in [2.75, 3.05) is 0 Å². The largest absolute Gasteiger partial charge is 0.491 e. The van der Waals surface area contributed by atoms with Crippen LogP contribution in [0.15, 0.2) is 48.5 Å². The lowest BCUT2D eigenvalue weighted by molar-refractivity contribution is -0.119. The molecular formula is C20H24N2O2S. The fourth-order valence-corrected chi connectivity index (χ4v) is 2.52. The Kier molecular flexibility index (Phi) is 6.95. The van der Waals surface area contributed by atoms with Crippen LogP contribution in [-0.4, -0.2) is 17.1 Å². The van der Waals surface area contributed by atoms with E-state index in [1.54, 1.807) is 0 Å². The zero-order chi connectivity index (χ0) is 18.2. The predicted octanol–water partition coefficient (Wildman–Crippen LogP) is 3.52. The summed E-state index contributed by atoms with van der Waals surface area (Å²) in [5.41, 5.74) is 3.16. The molecule has 2 N–H and O–H groups in total. The molecular weight excluding hydrogens is 332 g/mol. The van der Waals surface area contributed by atoms with E-state index in [1.165, 1.54) is 0 Å². The molecule has 0 aliphatic heterocycles. The molecule has 2 aromatic carbocycles. The standard InChI is InChI=1S/C20H24N2O2S/c1-14(2)24-18-10-8-16(9-11-18)13-21-20(25)22-19(23)12-17-7-5-4-6-15(17)3/h4-11,14H,12-13H2,1-3H3,(H2,21,22,23,25). The maximum absolute atomic E-state index is 12.1. The molecule has 0 saturated heterocycles. The molecule has 25 heavy (non-hydrogen) atoms. The first-order valence-corrected chi connectivity index (χ1v) is 8.72. The number of aryl methyl sites for hydroxylation is 1. The van der Waals surface area contributed by atoms with Crippen molar-refractivity contribution in [1.82, 2.24) is 10.6 Å². The summed E-state index contributed by atoms with van der Waals surface area (Å²) in [5.74, 6) is 0.723. The van der Waals surface area contributed by atoms with Crippen molar-refractivity contribution in [2.45, 2.75) is 39.8 Å². The molecule has 0 saturated carbocycles. The maximum Gasteiger partial charge on any atom is 0.230 e. The van der Waals surface area contributed by atoms with Crippen LogP contribution >= 0.6 is 12.2 Å². The monoisotopic (exact) mass is 356 g/mol. The Morgan fingerprint density at radius 3 is 2.44 bits per heavy atom. The zero-order valence-corrected chi connectivity index (χ0v) is 15.7. The molecule has 0 radical (unpaired) electrons. The summed E-state index contributed by atoms with van der Waals surface area (Å²) in [5, 5.41) is 6.10. The second kappa shape index (κ2) is 9.18. The van der Waals surface area contributed by atoms with E-state index < -0.39 is 0 Å². The maximum atomic E-state index is 12.1. The SMILES string of the molecule is Cc1ccccc1CC(=O)NC(=S)NCc1ccc(OC(C)C)cc1. The third-order valence-electron chi connectivity index (χ3n) is 3.61. The Morgan fingerprint density at radius 1 is 1.12 bits per heavy atom. The van der Waals surface area contributed by atoms with E-state index >= 15 is 0 Å². The highest BCUT2D eigenvalue weighted by Crippen LogP contribution is 2.13. The summed E-state index contributed by atoms with van der Waals surface area (Å²) in [7, 11) is 0. The first-order valence-electron chi connectivity index (χ1n) is 8.32. The minimum Gasteiger partial charge on any atom is -0.491 e. The molecule has 0 aliphatic carbocycles. The van der Waals surface area contributed by atoms with Crippen LogP contribution in [0.1, 0.15) is 30.5 Å². The second-order valence-corrected chi connectivity index (χ2v) is 6.55. The first kappa shape index (κ1) is 18.9. The van der Waals surface area contributed by atoms with Gasteiger partial charge in [0, 0.05) is 6.54 Å². The molecule has 5 heteroatoms. The minimum absolute atomic E-state index is 0.118. The summed E-state index contributed by atoms with van der Waals surface area (Å²) in [6.07, 6.45) is 0.468. The lowest BCUT2D eigenvalue weighted by Crippen LogP contribution is -2.39.